The SMILES string of the molecule is NC(=O)[C@@H]1CCCN(c2nc(-c3ccccc3)nc3c2CCNC3)C1. The number of primary amides is 1. The number of fused-ring (bicyclic) bond motifs is 1. The zero-order valence-corrected chi connectivity index (χ0v) is 14.2. The van der Waals surface area contributed by atoms with Gasteiger partial charge in [0, 0.05) is 30.8 Å². The third-order valence-electron chi connectivity index (χ3n) is 5.07. The number of anilines is 1. The molecule has 0 spiro atoms. The molecule has 6 heteroatoms. The van der Waals surface area contributed by atoms with Crippen molar-refractivity contribution in [2.24, 2.45) is 11.7 Å². The molecule has 25 heavy (non-hydrogen) atoms. The lowest BCUT2D eigenvalue weighted by Gasteiger charge is -2.34. The molecule has 2 aromatic rings. The molecule has 1 atom stereocenters. The fourth-order valence-electron chi connectivity index (χ4n) is 3.72. The molecule has 1 saturated heterocycles. The van der Waals surface area contributed by atoms with E-state index in [1.54, 1.807) is 0 Å². The lowest BCUT2D eigenvalue weighted by Crippen LogP contribution is -2.42. The van der Waals surface area contributed by atoms with E-state index in [4.69, 9.17) is 15.7 Å². The van der Waals surface area contributed by atoms with E-state index in [1.165, 1.54) is 5.56 Å². The Kier molecular flexibility index (Phi) is 4.36. The van der Waals surface area contributed by atoms with Crippen LogP contribution in [0.1, 0.15) is 24.1 Å². The molecule has 3 N–H and O–H groups in total. The van der Waals surface area contributed by atoms with Crippen LogP contribution >= 0.6 is 0 Å². The van der Waals surface area contributed by atoms with Crippen LogP contribution in [0.4, 0.5) is 5.82 Å². The van der Waals surface area contributed by atoms with E-state index < -0.39 is 0 Å². The predicted octanol–water partition coefficient (Wildman–Crippen LogP) is 1.49. The van der Waals surface area contributed by atoms with Crippen LogP contribution in [0, 0.1) is 5.92 Å². The molecule has 1 fully saturated rings. The van der Waals surface area contributed by atoms with Crippen molar-refractivity contribution < 1.29 is 4.79 Å². The maximum atomic E-state index is 11.7. The summed E-state index contributed by atoms with van der Waals surface area (Å²) < 4.78 is 0. The number of nitrogens with zero attached hydrogens (tertiary/aromatic N) is 3. The largest absolute Gasteiger partial charge is 0.369 e. The third kappa shape index (κ3) is 3.22. The molecule has 1 aromatic carbocycles. The summed E-state index contributed by atoms with van der Waals surface area (Å²) in [7, 11) is 0. The smallest absolute Gasteiger partial charge is 0.222 e. The minimum absolute atomic E-state index is 0.0961. The van der Waals surface area contributed by atoms with Crippen LogP contribution in [0.15, 0.2) is 30.3 Å². The molecule has 2 aliphatic rings. The highest BCUT2D eigenvalue weighted by Gasteiger charge is 2.28. The molecule has 0 radical (unpaired) electrons. The van der Waals surface area contributed by atoms with Crippen LogP contribution in [0.2, 0.25) is 0 Å². The maximum absolute atomic E-state index is 11.7. The lowest BCUT2D eigenvalue weighted by atomic mass is 9.96. The second-order valence-corrected chi connectivity index (χ2v) is 6.78. The molecule has 3 heterocycles. The highest BCUT2D eigenvalue weighted by atomic mass is 16.1. The standard InChI is InChI=1S/C19H23N5O/c20-17(25)14-7-4-10-24(12-14)19-15-8-9-21-11-16(15)22-18(23-19)13-5-2-1-3-6-13/h1-3,5-6,14,21H,4,7-12H2,(H2,20,25)/t14-/m1/s1. The number of carbonyl (C=O) groups is 1. The first kappa shape index (κ1) is 16.0. The molecule has 0 saturated carbocycles. The van der Waals surface area contributed by atoms with Gasteiger partial charge in [-0.25, -0.2) is 9.97 Å². The maximum Gasteiger partial charge on any atom is 0.222 e. The molecular weight excluding hydrogens is 314 g/mol. The molecule has 1 aromatic heterocycles. The molecule has 130 valence electrons. The summed E-state index contributed by atoms with van der Waals surface area (Å²) in [5.74, 6) is 1.43. The van der Waals surface area contributed by atoms with Crippen molar-refractivity contribution in [1.29, 1.82) is 0 Å². The Hall–Kier alpha value is -2.47. The Labute approximate surface area is 147 Å². The molecule has 1 amide bonds. The van der Waals surface area contributed by atoms with Gasteiger partial charge in [0.25, 0.3) is 0 Å². The molecule has 6 nitrogen and oxygen atoms in total. The Balaban J connectivity index is 1.76. The number of rotatable bonds is 3. The Morgan fingerprint density at radius 3 is 2.88 bits per heavy atom. The zero-order chi connectivity index (χ0) is 17.2. The fourth-order valence-corrected chi connectivity index (χ4v) is 3.72. The summed E-state index contributed by atoms with van der Waals surface area (Å²) in [6.07, 6.45) is 2.75. The van der Waals surface area contributed by atoms with Gasteiger partial charge in [-0.1, -0.05) is 30.3 Å². The van der Waals surface area contributed by atoms with E-state index in [-0.39, 0.29) is 11.8 Å². The average molecular weight is 337 g/mol. The normalized spacial score (nSPS) is 20.2. The van der Waals surface area contributed by atoms with E-state index in [2.05, 4.69) is 10.2 Å². The van der Waals surface area contributed by atoms with Gasteiger partial charge in [-0.15, -0.1) is 0 Å². The highest BCUT2D eigenvalue weighted by Crippen LogP contribution is 2.30. The van der Waals surface area contributed by atoms with Gasteiger partial charge in [0.05, 0.1) is 11.6 Å². The number of amides is 1. The Morgan fingerprint density at radius 2 is 2.08 bits per heavy atom. The van der Waals surface area contributed by atoms with E-state index in [1.807, 2.05) is 30.3 Å². The van der Waals surface area contributed by atoms with Crippen molar-refractivity contribution in [3.63, 3.8) is 0 Å². The van der Waals surface area contributed by atoms with Crippen LogP contribution in [0.25, 0.3) is 11.4 Å². The average Bonchev–Trinajstić information content (AvgIpc) is 2.68. The predicted molar refractivity (Wildman–Crippen MR) is 97.0 cm³/mol. The number of carbonyl (C=O) groups excluding carboxylic acids is 1. The van der Waals surface area contributed by atoms with Gasteiger partial charge in [0.15, 0.2) is 5.82 Å². The lowest BCUT2D eigenvalue weighted by molar-refractivity contribution is -0.122. The van der Waals surface area contributed by atoms with Gasteiger partial charge in [-0.3, -0.25) is 4.79 Å². The van der Waals surface area contributed by atoms with Gasteiger partial charge in [0.2, 0.25) is 5.91 Å². The van der Waals surface area contributed by atoms with Gasteiger partial charge in [0.1, 0.15) is 5.82 Å². The number of hydrogen-bond acceptors (Lipinski definition) is 5. The second-order valence-electron chi connectivity index (χ2n) is 6.78. The second kappa shape index (κ2) is 6.80. The van der Waals surface area contributed by atoms with E-state index in [9.17, 15) is 4.79 Å². The summed E-state index contributed by atoms with van der Waals surface area (Å²) in [5, 5.41) is 3.39. The number of piperidine rings is 1. The summed E-state index contributed by atoms with van der Waals surface area (Å²) >= 11 is 0. The monoisotopic (exact) mass is 337 g/mol. The van der Waals surface area contributed by atoms with Crippen molar-refractivity contribution in [1.82, 2.24) is 15.3 Å². The van der Waals surface area contributed by atoms with E-state index in [0.29, 0.717) is 6.54 Å². The number of benzene rings is 1. The van der Waals surface area contributed by atoms with Crippen LogP contribution in [-0.2, 0) is 17.8 Å². The van der Waals surface area contributed by atoms with Crippen LogP contribution in [-0.4, -0.2) is 35.5 Å². The van der Waals surface area contributed by atoms with Crippen LogP contribution < -0.4 is 16.0 Å². The Bertz CT molecular complexity index is 777. The number of hydrogen-bond donors (Lipinski definition) is 2. The third-order valence-corrected chi connectivity index (χ3v) is 5.07. The molecule has 0 bridgehead atoms. The van der Waals surface area contributed by atoms with E-state index >= 15 is 0 Å². The van der Waals surface area contributed by atoms with E-state index in [0.717, 1.165) is 61.8 Å². The number of aromatic nitrogens is 2. The minimum atomic E-state index is -0.211. The summed E-state index contributed by atoms with van der Waals surface area (Å²) in [6.45, 7) is 3.26. The van der Waals surface area contributed by atoms with Gasteiger partial charge in [-0.2, -0.15) is 0 Å². The van der Waals surface area contributed by atoms with Crippen molar-refractivity contribution in [3.8, 4) is 11.4 Å². The Morgan fingerprint density at radius 1 is 1.24 bits per heavy atom. The van der Waals surface area contributed by atoms with Gasteiger partial charge < -0.3 is 16.0 Å². The minimum Gasteiger partial charge on any atom is -0.369 e. The topological polar surface area (TPSA) is 84.1 Å². The first-order chi connectivity index (χ1) is 12.2. The van der Waals surface area contributed by atoms with Crippen LogP contribution in [0.3, 0.4) is 0 Å². The molecule has 2 aliphatic heterocycles. The van der Waals surface area contributed by atoms with Crippen molar-refractivity contribution in [3.05, 3.63) is 41.6 Å². The van der Waals surface area contributed by atoms with Crippen LogP contribution in [0.5, 0.6) is 0 Å². The number of nitrogens with one attached hydrogen (secondary N) is 1. The number of nitrogens with two attached hydrogens (primary N) is 1. The summed E-state index contributed by atoms with van der Waals surface area (Å²) in [5.41, 5.74) is 8.85. The highest BCUT2D eigenvalue weighted by molar-refractivity contribution is 5.77. The molecular formula is C19H23N5O. The van der Waals surface area contributed by atoms with Crippen molar-refractivity contribution in [2.45, 2.75) is 25.8 Å². The summed E-state index contributed by atoms with van der Waals surface area (Å²) in [6, 6.07) is 10.1. The van der Waals surface area contributed by atoms with Gasteiger partial charge >= 0.3 is 0 Å². The quantitative estimate of drug-likeness (QED) is 0.886. The molecule has 4 rings (SSSR count). The molecule has 0 aliphatic carbocycles. The first-order valence-corrected chi connectivity index (χ1v) is 8.92. The van der Waals surface area contributed by atoms with Crippen molar-refractivity contribution in [2.75, 3.05) is 24.5 Å². The fraction of sp³-hybridized carbons (Fsp3) is 0.421. The summed E-state index contributed by atoms with van der Waals surface area (Å²) in [4.78, 5) is 23.6. The van der Waals surface area contributed by atoms with Crippen molar-refractivity contribution >= 4 is 11.7 Å². The first-order valence-electron chi connectivity index (χ1n) is 8.92. The molecule has 0 unspecified atom stereocenters. The van der Waals surface area contributed by atoms with Gasteiger partial charge in [-0.05, 0) is 25.8 Å². The zero-order valence-electron chi connectivity index (χ0n) is 14.2.